The predicted octanol–water partition coefficient (Wildman–Crippen LogP) is 3.32. The number of hydrogen-bond donors (Lipinski definition) is 2. The lowest BCUT2D eigenvalue weighted by Gasteiger charge is -2.07. The van der Waals surface area contributed by atoms with Crippen LogP contribution in [-0.4, -0.2) is 25.7 Å². The molecule has 2 aromatic rings. The summed E-state index contributed by atoms with van der Waals surface area (Å²) >= 11 is 1.76. The number of aliphatic imine (C=N–C) groups is 1. The minimum atomic E-state index is 0.693. The lowest BCUT2D eigenvalue weighted by molar-refractivity contribution is 0.134. The number of guanidine groups is 1. The number of benzene rings is 1. The molecule has 0 aliphatic carbocycles. The van der Waals surface area contributed by atoms with E-state index in [1.807, 2.05) is 6.92 Å². The molecule has 1 aliphatic rings. The van der Waals surface area contributed by atoms with Crippen LogP contribution in [0.25, 0.3) is 10.4 Å². The van der Waals surface area contributed by atoms with Crippen molar-refractivity contribution in [2.45, 2.75) is 13.5 Å². The number of thiophene rings is 1. The van der Waals surface area contributed by atoms with Crippen LogP contribution < -0.4 is 10.6 Å². The molecule has 0 spiro atoms. The monoisotopic (exact) mass is 301 g/mol. The van der Waals surface area contributed by atoms with Gasteiger partial charge in [0.1, 0.15) is 0 Å². The normalized spacial score (nSPS) is 13.9. The maximum absolute atomic E-state index is 5.44. The second-order valence-corrected chi connectivity index (χ2v) is 5.73. The van der Waals surface area contributed by atoms with E-state index in [9.17, 15) is 0 Å². The molecule has 0 atom stereocenters. The fourth-order valence-corrected chi connectivity index (χ4v) is 3.06. The van der Waals surface area contributed by atoms with Gasteiger partial charge >= 0.3 is 0 Å². The number of nitrogens with zero attached hydrogens (tertiary/aromatic N) is 1. The highest BCUT2D eigenvalue weighted by atomic mass is 32.1. The quantitative estimate of drug-likeness (QED) is 0.890. The molecule has 5 heteroatoms. The Morgan fingerprint density at radius 1 is 1.33 bits per heavy atom. The van der Waals surface area contributed by atoms with E-state index in [1.165, 1.54) is 16.0 Å². The van der Waals surface area contributed by atoms with E-state index in [-0.39, 0.29) is 0 Å². The summed E-state index contributed by atoms with van der Waals surface area (Å²) in [5.41, 5.74) is 3.52. The van der Waals surface area contributed by atoms with Gasteiger partial charge in [0.25, 0.3) is 0 Å². The third-order valence-electron chi connectivity index (χ3n) is 3.23. The first-order valence-electron chi connectivity index (χ1n) is 7.16. The SMILES string of the molecule is CCOCc1csc(-c2ccc(NC3=NCCN3)cc2)c1. The van der Waals surface area contributed by atoms with Crippen molar-refractivity contribution in [1.29, 1.82) is 0 Å². The summed E-state index contributed by atoms with van der Waals surface area (Å²) in [5.74, 6) is 0.859. The highest BCUT2D eigenvalue weighted by Crippen LogP contribution is 2.28. The molecule has 1 aliphatic heterocycles. The van der Waals surface area contributed by atoms with Gasteiger partial charge in [0.15, 0.2) is 5.96 Å². The van der Waals surface area contributed by atoms with Gasteiger partial charge in [0, 0.05) is 23.7 Å². The van der Waals surface area contributed by atoms with E-state index in [4.69, 9.17) is 4.74 Å². The highest BCUT2D eigenvalue weighted by molar-refractivity contribution is 7.13. The Labute approximate surface area is 128 Å². The molecule has 2 N–H and O–H groups in total. The smallest absolute Gasteiger partial charge is 0.195 e. The molecule has 0 bridgehead atoms. The molecule has 21 heavy (non-hydrogen) atoms. The molecule has 0 amide bonds. The summed E-state index contributed by atoms with van der Waals surface area (Å²) in [6.45, 7) is 5.22. The number of rotatable bonds is 5. The zero-order valence-corrected chi connectivity index (χ0v) is 12.9. The summed E-state index contributed by atoms with van der Waals surface area (Å²) in [4.78, 5) is 5.60. The Hall–Kier alpha value is -1.85. The fraction of sp³-hybridized carbons (Fsp3) is 0.312. The number of hydrogen-bond acceptors (Lipinski definition) is 5. The zero-order valence-electron chi connectivity index (χ0n) is 12.1. The summed E-state index contributed by atoms with van der Waals surface area (Å²) in [5, 5.41) is 8.64. The first kappa shape index (κ1) is 14.1. The summed E-state index contributed by atoms with van der Waals surface area (Å²) < 4.78 is 5.44. The summed E-state index contributed by atoms with van der Waals surface area (Å²) in [6.07, 6.45) is 0. The van der Waals surface area contributed by atoms with E-state index in [2.05, 4.69) is 51.3 Å². The van der Waals surface area contributed by atoms with Gasteiger partial charge in [-0.15, -0.1) is 11.3 Å². The zero-order chi connectivity index (χ0) is 14.5. The van der Waals surface area contributed by atoms with Gasteiger partial charge in [0.05, 0.1) is 13.2 Å². The second-order valence-electron chi connectivity index (χ2n) is 4.82. The van der Waals surface area contributed by atoms with Crippen LogP contribution in [0.5, 0.6) is 0 Å². The Morgan fingerprint density at radius 2 is 2.19 bits per heavy atom. The van der Waals surface area contributed by atoms with Crippen LogP contribution in [0.1, 0.15) is 12.5 Å². The van der Waals surface area contributed by atoms with Crippen LogP contribution in [0.4, 0.5) is 5.69 Å². The average molecular weight is 301 g/mol. The molecule has 0 saturated heterocycles. The average Bonchev–Trinajstić information content (AvgIpc) is 3.17. The van der Waals surface area contributed by atoms with Crippen molar-refractivity contribution in [3.63, 3.8) is 0 Å². The molecule has 4 nitrogen and oxygen atoms in total. The van der Waals surface area contributed by atoms with E-state index >= 15 is 0 Å². The molecular formula is C16H19N3OS. The first-order valence-corrected chi connectivity index (χ1v) is 8.04. The molecular weight excluding hydrogens is 282 g/mol. The van der Waals surface area contributed by atoms with Crippen molar-refractivity contribution in [2.24, 2.45) is 4.99 Å². The van der Waals surface area contributed by atoms with Crippen molar-refractivity contribution >= 4 is 23.0 Å². The summed E-state index contributed by atoms with van der Waals surface area (Å²) in [7, 11) is 0. The largest absolute Gasteiger partial charge is 0.377 e. The van der Waals surface area contributed by atoms with Gasteiger partial charge < -0.3 is 15.4 Å². The Kier molecular flexibility index (Phi) is 4.52. The van der Waals surface area contributed by atoms with Crippen molar-refractivity contribution in [2.75, 3.05) is 25.0 Å². The fourth-order valence-electron chi connectivity index (χ4n) is 2.16. The van der Waals surface area contributed by atoms with E-state index in [0.717, 1.165) is 31.3 Å². The van der Waals surface area contributed by atoms with Crippen molar-refractivity contribution in [3.8, 4) is 10.4 Å². The molecule has 0 radical (unpaired) electrons. The number of anilines is 1. The third-order valence-corrected chi connectivity index (χ3v) is 4.26. The van der Waals surface area contributed by atoms with Gasteiger partial charge in [-0.2, -0.15) is 0 Å². The molecule has 0 fully saturated rings. The first-order chi connectivity index (χ1) is 10.3. The van der Waals surface area contributed by atoms with Gasteiger partial charge in [-0.1, -0.05) is 12.1 Å². The maximum atomic E-state index is 5.44. The topological polar surface area (TPSA) is 45.6 Å². The molecule has 0 saturated carbocycles. The van der Waals surface area contributed by atoms with Crippen LogP contribution in [0.3, 0.4) is 0 Å². The maximum Gasteiger partial charge on any atom is 0.195 e. The summed E-state index contributed by atoms with van der Waals surface area (Å²) in [6, 6.07) is 10.6. The van der Waals surface area contributed by atoms with Crippen LogP contribution in [-0.2, 0) is 11.3 Å². The van der Waals surface area contributed by atoms with Crippen LogP contribution >= 0.6 is 11.3 Å². The van der Waals surface area contributed by atoms with E-state index in [0.29, 0.717) is 6.61 Å². The third kappa shape index (κ3) is 3.62. The standard InChI is InChI=1S/C16H19N3OS/c1-2-20-10-12-9-15(21-11-12)13-3-5-14(6-4-13)19-16-17-7-8-18-16/h3-6,9,11H,2,7-8,10H2,1H3,(H2,17,18,19). The molecule has 1 aromatic carbocycles. The lowest BCUT2D eigenvalue weighted by Crippen LogP contribution is -2.26. The van der Waals surface area contributed by atoms with Crippen molar-refractivity contribution < 1.29 is 4.74 Å². The number of nitrogens with one attached hydrogen (secondary N) is 2. The predicted molar refractivity (Wildman–Crippen MR) is 89.0 cm³/mol. The van der Waals surface area contributed by atoms with Gasteiger partial charge in [-0.05, 0) is 41.6 Å². The Morgan fingerprint density at radius 3 is 2.90 bits per heavy atom. The Balaban J connectivity index is 1.67. The van der Waals surface area contributed by atoms with Gasteiger partial charge in [-0.3, -0.25) is 4.99 Å². The molecule has 0 unspecified atom stereocenters. The van der Waals surface area contributed by atoms with E-state index < -0.39 is 0 Å². The van der Waals surface area contributed by atoms with Gasteiger partial charge in [-0.25, -0.2) is 0 Å². The second kappa shape index (κ2) is 6.74. The number of ether oxygens (including phenoxy) is 1. The van der Waals surface area contributed by atoms with E-state index in [1.54, 1.807) is 11.3 Å². The minimum absolute atomic E-state index is 0.693. The lowest BCUT2D eigenvalue weighted by atomic mass is 10.1. The van der Waals surface area contributed by atoms with Gasteiger partial charge in [0.2, 0.25) is 0 Å². The molecule has 3 rings (SSSR count). The van der Waals surface area contributed by atoms with Crippen molar-refractivity contribution in [3.05, 3.63) is 41.3 Å². The Bertz CT molecular complexity index is 619. The molecule has 110 valence electrons. The van der Waals surface area contributed by atoms with Crippen LogP contribution in [0.2, 0.25) is 0 Å². The highest BCUT2D eigenvalue weighted by Gasteiger charge is 2.06. The van der Waals surface area contributed by atoms with Crippen LogP contribution in [0, 0.1) is 0 Å². The van der Waals surface area contributed by atoms with Crippen LogP contribution in [0.15, 0.2) is 40.7 Å². The minimum Gasteiger partial charge on any atom is -0.377 e. The van der Waals surface area contributed by atoms with Crippen molar-refractivity contribution in [1.82, 2.24) is 5.32 Å². The molecule has 2 heterocycles. The molecule has 1 aromatic heterocycles.